The molecular weight excluding hydrogens is 304 g/mol. The van der Waals surface area contributed by atoms with Gasteiger partial charge in [0, 0.05) is 13.0 Å². The number of carboxylic acid groups (broad SMARTS) is 1. The van der Waals surface area contributed by atoms with Crippen LogP contribution in [0.25, 0.3) is 6.08 Å². The van der Waals surface area contributed by atoms with Crippen LogP contribution in [0.5, 0.6) is 5.75 Å². The molecule has 2 aromatic rings. The van der Waals surface area contributed by atoms with E-state index in [4.69, 9.17) is 14.6 Å². The van der Waals surface area contributed by atoms with Crippen LogP contribution in [0.4, 0.5) is 0 Å². The van der Waals surface area contributed by atoms with Crippen LogP contribution in [0.1, 0.15) is 18.1 Å². The molecule has 0 saturated heterocycles. The van der Waals surface area contributed by atoms with Gasteiger partial charge in [0.1, 0.15) is 12.4 Å². The summed E-state index contributed by atoms with van der Waals surface area (Å²) >= 11 is 0. The third-order valence-electron chi connectivity index (χ3n) is 3.44. The topological polar surface area (TPSA) is 55.8 Å². The monoisotopic (exact) mass is 326 g/mol. The van der Waals surface area contributed by atoms with Gasteiger partial charge in [-0.1, -0.05) is 48.5 Å². The van der Waals surface area contributed by atoms with E-state index in [0.29, 0.717) is 19.6 Å². The van der Waals surface area contributed by atoms with Crippen molar-refractivity contribution in [2.45, 2.75) is 19.4 Å². The maximum absolute atomic E-state index is 11.1. The lowest BCUT2D eigenvalue weighted by atomic mass is 10.1. The number of benzene rings is 2. The third-order valence-corrected chi connectivity index (χ3v) is 3.44. The van der Waals surface area contributed by atoms with Crippen LogP contribution in [-0.4, -0.2) is 30.4 Å². The molecule has 0 radical (unpaired) electrons. The van der Waals surface area contributed by atoms with Gasteiger partial charge in [-0.15, -0.1) is 0 Å². The number of ether oxygens (including phenoxy) is 2. The summed E-state index contributed by atoms with van der Waals surface area (Å²) in [5.41, 5.74) is 2.04. The molecule has 0 aliphatic rings. The first-order valence-corrected chi connectivity index (χ1v) is 7.96. The molecule has 0 saturated carbocycles. The number of carbonyl (C=O) groups is 1. The van der Waals surface area contributed by atoms with E-state index in [2.05, 4.69) is 0 Å². The van der Waals surface area contributed by atoms with Crippen molar-refractivity contribution in [3.8, 4) is 5.75 Å². The van der Waals surface area contributed by atoms with Crippen molar-refractivity contribution in [3.63, 3.8) is 0 Å². The Labute approximate surface area is 142 Å². The van der Waals surface area contributed by atoms with Crippen LogP contribution in [-0.2, 0) is 16.0 Å². The Morgan fingerprint density at radius 2 is 1.83 bits per heavy atom. The molecule has 0 bridgehead atoms. The van der Waals surface area contributed by atoms with Gasteiger partial charge in [0.05, 0.1) is 0 Å². The van der Waals surface area contributed by atoms with Crippen LogP contribution in [0, 0.1) is 0 Å². The summed E-state index contributed by atoms with van der Waals surface area (Å²) in [6.45, 7) is 2.65. The van der Waals surface area contributed by atoms with Gasteiger partial charge in [0.25, 0.3) is 0 Å². The van der Waals surface area contributed by atoms with E-state index >= 15 is 0 Å². The molecule has 0 aliphatic carbocycles. The Bertz CT molecular complexity index is 647. The highest BCUT2D eigenvalue weighted by atomic mass is 16.5. The lowest BCUT2D eigenvalue weighted by molar-refractivity contribution is -0.149. The first-order valence-electron chi connectivity index (χ1n) is 7.96. The lowest BCUT2D eigenvalue weighted by Gasteiger charge is -2.12. The number of hydrogen-bond acceptors (Lipinski definition) is 3. The molecular formula is C20H22O4. The summed E-state index contributed by atoms with van der Waals surface area (Å²) in [6, 6.07) is 17.4. The molecule has 1 N–H and O–H groups in total. The molecule has 0 heterocycles. The summed E-state index contributed by atoms with van der Waals surface area (Å²) in [7, 11) is 0. The minimum Gasteiger partial charge on any atom is -0.490 e. The van der Waals surface area contributed by atoms with Crippen LogP contribution >= 0.6 is 0 Å². The van der Waals surface area contributed by atoms with Crippen LogP contribution < -0.4 is 4.74 Å². The number of aliphatic carboxylic acids is 1. The highest BCUT2D eigenvalue weighted by Crippen LogP contribution is 2.15. The zero-order chi connectivity index (χ0) is 17.2. The molecule has 0 unspecified atom stereocenters. The summed E-state index contributed by atoms with van der Waals surface area (Å²) < 4.78 is 10.9. The molecule has 126 valence electrons. The molecule has 0 spiro atoms. The molecule has 0 amide bonds. The second kappa shape index (κ2) is 9.53. The van der Waals surface area contributed by atoms with Gasteiger partial charge in [-0.2, -0.15) is 0 Å². The highest BCUT2D eigenvalue weighted by Gasteiger charge is 2.17. The van der Waals surface area contributed by atoms with Gasteiger partial charge < -0.3 is 14.6 Å². The molecule has 24 heavy (non-hydrogen) atoms. The maximum Gasteiger partial charge on any atom is 0.333 e. The summed E-state index contributed by atoms with van der Waals surface area (Å²) in [5.74, 6) is -0.192. The van der Waals surface area contributed by atoms with Gasteiger partial charge in [0.2, 0.25) is 0 Å². The van der Waals surface area contributed by atoms with Gasteiger partial charge >= 0.3 is 5.97 Å². The summed E-state index contributed by atoms with van der Waals surface area (Å²) in [5, 5.41) is 9.10. The van der Waals surface area contributed by atoms with E-state index in [-0.39, 0.29) is 0 Å². The minimum atomic E-state index is -0.941. The second-order valence-corrected chi connectivity index (χ2v) is 5.25. The molecule has 4 heteroatoms. The Morgan fingerprint density at radius 3 is 2.46 bits per heavy atom. The first kappa shape index (κ1) is 17.8. The molecule has 0 aromatic heterocycles. The molecule has 2 aromatic carbocycles. The van der Waals surface area contributed by atoms with E-state index < -0.39 is 12.1 Å². The van der Waals surface area contributed by atoms with E-state index in [0.717, 1.165) is 16.9 Å². The van der Waals surface area contributed by atoms with E-state index in [1.807, 2.05) is 66.7 Å². The standard InChI is InChI=1S/C20H22O4/c1-2-23-19(20(21)22)15-17-10-12-18(13-11-17)24-14-6-9-16-7-4-3-5-8-16/h3-13,19H,2,14-15H2,1H3,(H,21,22)/b9-6+/t19-/m1/s1. The summed E-state index contributed by atoms with van der Waals surface area (Å²) in [4.78, 5) is 11.1. The Hall–Kier alpha value is -2.59. The fourth-order valence-corrected chi connectivity index (χ4v) is 2.25. The second-order valence-electron chi connectivity index (χ2n) is 5.25. The van der Waals surface area contributed by atoms with Crippen LogP contribution in [0.2, 0.25) is 0 Å². The van der Waals surface area contributed by atoms with Crippen molar-refractivity contribution < 1.29 is 19.4 Å². The van der Waals surface area contributed by atoms with E-state index in [9.17, 15) is 4.79 Å². The van der Waals surface area contributed by atoms with Gasteiger partial charge in [-0.3, -0.25) is 0 Å². The Balaban J connectivity index is 1.83. The quantitative estimate of drug-likeness (QED) is 0.761. The number of rotatable bonds is 9. The van der Waals surface area contributed by atoms with Crippen molar-refractivity contribution in [2.75, 3.05) is 13.2 Å². The summed E-state index contributed by atoms with van der Waals surface area (Å²) in [6.07, 6.45) is 3.50. The van der Waals surface area contributed by atoms with Gasteiger partial charge in [-0.05, 0) is 36.3 Å². The van der Waals surface area contributed by atoms with Gasteiger partial charge in [-0.25, -0.2) is 4.79 Å². The van der Waals surface area contributed by atoms with Crippen molar-refractivity contribution in [3.05, 3.63) is 71.8 Å². The molecule has 4 nitrogen and oxygen atoms in total. The minimum absolute atomic E-state index is 0.345. The van der Waals surface area contributed by atoms with Crippen molar-refractivity contribution in [1.82, 2.24) is 0 Å². The fraction of sp³-hybridized carbons (Fsp3) is 0.250. The van der Waals surface area contributed by atoms with Crippen molar-refractivity contribution >= 4 is 12.0 Å². The Kier molecular flexibility index (Phi) is 7.05. The third kappa shape index (κ3) is 5.89. The van der Waals surface area contributed by atoms with Crippen LogP contribution in [0.3, 0.4) is 0 Å². The molecule has 0 aliphatic heterocycles. The zero-order valence-electron chi connectivity index (χ0n) is 13.7. The average Bonchev–Trinajstić information content (AvgIpc) is 2.60. The highest BCUT2D eigenvalue weighted by molar-refractivity contribution is 5.72. The fourth-order valence-electron chi connectivity index (χ4n) is 2.25. The van der Waals surface area contributed by atoms with Gasteiger partial charge in [0.15, 0.2) is 6.10 Å². The smallest absolute Gasteiger partial charge is 0.333 e. The van der Waals surface area contributed by atoms with E-state index in [1.54, 1.807) is 6.92 Å². The molecule has 0 fully saturated rings. The normalized spacial score (nSPS) is 12.2. The van der Waals surface area contributed by atoms with Crippen molar-refractivity contribution in [2.24, 2.45) is 0 Å². The average molecular weight is 326 g/mol. The van der Waals surface area contributed by atoms with Crippen molar-refractivity contribution in [1.29, 1.82) is 0 Å². The largest absolute Gasteiger partial charge is 0.490 e. The Morgan fingerprint density at radius 1 is 1.12 bits per heavy atom. The van der Waals surface area contributed by atoms with Crippen LogP contribution in [0.15, 0.2) is 60.7 Å². The predicted octanol–water partition coefficient (Wildman–Crippen LogP) is 3.81. The maximum atomic E-state index is 11.1. The number of carboxylic acids is 1. The van der Waals surface area contributed by atoms with E-state index in [1.165, 1.54) is 0 Å². The number of hydrogen-bond donors (Lipinski definition) is 1. The SMILES string of the molecule is CCO[C@H](Cc1ccc(OC/C=C/c2ccccc2)cc1)C(=O)O. The lowest BCUT2D eigenvalue weighted by Crippen LogP contribution is -2.26. The predicted molar refractivity (Wildman–Crippen MR) is 94.2 cm³/mol. The zero-order valence-corrected chi connectivity index (χ0v) is 13.7. The first-order chi connectivity index (χ1) is 11.7. The molecule has 2 rings (SSSR count). The molecule has 1 atom stereocenters.